The van der Waals surface area contributed by atoms with Gasteiger partial charge in [-0.3, -0.25) is 0 Å². The summed E-state index contributed by atoms with van der Waals surface area (Å²) in [7, 11) is 0. The minimum atomic E-state index is 0. The normalized spacial score (nSPS) is 10.4. The monoisotopic (exact) mass is 264 g/mol. The Balaban J connectivity index is 0.00000108. The first-order valence-corrected chi connectivity index (χ1v) is 5.42. The van der Waals surface area contributed by atoms with Gasteiger partial charge in [-0.05, 0) is 18.2 Å². The number of anilines is 1. The van der Waals surface area contributed by atoms with Crippen LogP contribution in [0.25, 0.3) is 16.4 Å². The van der Waals surface area contributed by atoms with Crippen LogP contribution in [0.15, 0.2) is 48.7 Å². The molecule has 0 aliphatic rings. The molecule has 2 aromatic heterocycles. The second-order valence-electron chi connectivity index (χ2n) is 3.73. The number of nitrogens with zero attached hydrogens (tertiary/aromatic N) is 1. The van der Waals surface area contributed by atoms with E-state index >= 15 is 0 Å². The number of hydrogen-bond donors (Lipinski definition) is 1. The van der Waals surface area contributed by atoms with Gasteiger partial charge in [0.1, 0.15) is 5.02 Å². The van der Waals surface area contributed by atoms with Crippen LogP contribution in [0.2, 0.25) is 5.02 Å². The van der Waals surface area contributed by atoms with Crippen LogP contribution in [-0.2, 0) is 0 Å². The summed E-state index contributed by atoms with van der Waals surface area (Å²) in [5.74, 6) is 0. The number of fused-ring (bicyclic) bond motifs is 3. The second kappa shape index (κ2) is 4.40. The summed E-state index contributed by atoms with van der Waals surface area (Å²) >= 11 is 6.23. The van der Waals surface area contributed by atoms with Gasteiger partial charge in [-0.15, -0.1) is 0 Å². The lowest BCUT2D eigenvalue weighted by Crippen LogP contribution is -3.00. The summed E-state index contributed by atoms with van der Waals surface area (Å²) in [6.07, 6.45) is 1.99. The molecule has 0 unspecified atom stereocenters. The summed E-state index contributed by atoms with van der Waals surface area (Å²) in [4.78, 5) is 0. The Morgan fingerprint density at radius 2 is 1.88 bits per heavy atom. The van der Waals surface area contributed by atoms with Crippen LogP contribution in [0.4, 0.5) is 5.69 Å². The van der Waals surface area contributed by atoms with Crippen LogP contribution in [0.5, 0.6) is 0 Å². The Labute approximate surface area is 110 Å². The lowest BCUT2D eigenvalue weighted by molar-refractivity contribution is -0.481. The van der Waals surface area contributed by atoms with Gasteiger partial charge in [0.15, 0.2) is 6.20 Å². The van der Waals surface area contributed by atoms with E-state index in [1.807, 2.05) is 53.1 Å². The van der Waals surface area contributed by atoms with Gasteiger partial charge in [-0.1, -0.05) is 17.7 Å². The summed E-state index contributed by atoms with van der Waals surface area (Å²) in [6.45, 7) is 0. The average Bonchev–Trinajstić information content (AvgIpc) is 2.30. The lowest BCUT2D eigenvalue weighted by Gasteiger charge is -2.02. The fourth-order valence-corrected chi connectivity index (χ4v) is 2.27. The number of para-hydroxylation sites is 1. The molecule has 0 aliphatic carbocycles. The number of aromatic nitrogens is 1. The van der Waals surface area contributed by atoms with Crippen LogP contribution in [0, 0.1) is 0 Å². The molecule has 0 fully saturated rings. The third-order valence-electron chi connectivity index (χ3n) is 2.73. The molecule has 0 spiro atoms. The molecule has 4 heteroatoms. The molecule has 0 amide bonds. The van der Waals surface area contributed by atoms with Crippen molar-refractivity contribution in [3.63, 3.8) is 0 Å². The van der Waals surface area contributed by atoms with E-state index in [0.717, 1.165) is 22.1 Å². The Morgan fingerprint density at radius 1 is 1.06 bits per heavy atom. The van der Waals surface area contributed by atoms with Crippen LogP contribution < -0.4 is 22.5 Å². The van der Waals surface area contributed by atoms with Crippen molar-refractivity contribution in [3.05, 3.63) is 53.7 Å². The summed E-state index contributed by atoms with van der Waals surface area (Å²) in [6, 6.07) is 13.7. The minimum absolute atomic E-state index is 0. The molecule has 0 atom stereocenters. The van der Waals surface area contributed by atoms with E-state index in [1.54, 1.807) is 0 Å². The number of rotatable bonds is 0. The van der Waals surface area contributed by atoms with E-state index in [4.69, 9.17) is 17.3 Å². The highest BCUT2D eigenvalue weighted by molar-refractivity contribution is 6.35. The van der Waals surface area contributed by atoms with Crippen LogP contribution in [-0.4, -0.2) is 0 Å². The highest BCUT2D eigenvalue weighted by Crippen LogP contribution is 2.25. The van der Waals surface area contributed by atoms with E-state index in [0.29, 0.717) is 5.02 Å². The zero-order valence-corrected chi connectivity index (χ0v) is 10.4. The maximum Gasteiger partial charge on any atom is 0.239 e. The first kappa shape index (κ1) is 12.0. The highest BCUT2D eigenvalue weighted by atomic mass is 35.5. The van der Waals surface area contributed by atoms with E-state index in [9.17, 15) is 0 Å². The number of nitrogen functional groups attached to an aromatic ring is 1. The second-order valence-corrected chi connectivity index (χ2v) is 4.14. The van der Waals surface area contributed by atoms with Crippen molar-refractivity contribution in [2.45, 2.75) is 0 Å². The number of pyridine rings is 2. The molecular formula is C13H10Cl2N2. The standard InChI is InChI=1S/C13H9ClN2.ClH/c14-11-6-3-5-10-12(15)8-9-4-1-2-7-16(9)13(10)11;/h1-8,15H;1H. The van der Waals surface area contributed by atoms with Crippen molar-refractivity contribution >= 4 is 33.7 Å². The molecule has 86 valence electrons. The maximum atomic E-state index is 6.23. The highest BCUT2D eigenvalue weighted by Gasteiger charge is 2.14. The molecule has 0 aliphatic heterocycles. The third kappa shape index (κ3) is 1.79. The molecule has 0 saturated heterocycles. The van der Waals surface area contributed by atoms with E-state index < -0.39 is 0 Å². The molecule has 2 heterocycles. The van der Waals surface area contributed by atoms with E-state index in [1.165, 1.54) is 0 Å². The average molecular weight is 265 g/mol. The molecule has 17 heavy (non-hydrogen) atoms. The molecule has 1 aromatic carbocycles. The number of benzene rings is 1. The van der Waals surface area contributed by atoms with Crippen molar-refractivity contribution < 1.29 is 16.8 Å². The van der Waals surface area contributed by atoms with Gasteiger partial charge in [0.2, 0.25) is 11.0 Å². The van der Waals surface area contributed by atoms with E-state index in [-0.39, 0.29) is 12.4 Å². The van der Waals surface area contributed by atoms with Gasteiger partial charge in [0.25, 0.3) is 0 Å². The van der Waals surface area contributed by atoms with Gasteiger partial charge in [0.05, 0.1) is 11.1 Å². The summed E-state index contributed by atoms with van der Waals surface area (Å²) in [5, 5.41) is 1.70. The predicted octanol–water partition coefficient (Wildman–Crippen LogP) is -0.182. The fourth-order valence-electron chi connectivity index (χ4n) is 2.01. The molecule has 2 N–H and O–H groups in total. The van der Waals surface area contributed by atoms with Crippen molar-refractivity contribution in [1.29, 1.82) is 0 Å². The van der Waals surface area contributed by atoms with Crippen LogP contribution in [0.3, 0.4) is 0 Å². The molecule has 3 aromatic rings. The largest absolute Gasteiger partial charge is 1.00 e. The summed E-state index contributed by atoms with van der Waals surface area (Å²) in [5.41, 5.74) is 8.77. The molecule has 0 bridgehead atoms. The molecule has 3 rings (SSSR count). The van der Waals surface area contributed by atoms with Crippen LogP contribution >= 0.6 is 11.6 Å². The smallest absolute Gasteiger partial charge is 0.239 e. The SMILES string of the molecule is Nc1cc2cccc[n+]2c2c(Cl)cccc12.[Cl-]. The number of hydrogen-bond acceptors (Lipinski definition) is 1. The minimum Gasteiger partial charge on any atom is -1.00 e. The summed E-state index contributed by atoms with van der Waals surface area (Å²) < 4.78 is 2.05. The van der Waals surface area contributed by atoms with Crippen molar-refractivity contribution in [3.8, 4) is 0 Å². The van der Waals surface area contributed by atoms with Crippen molar-refractivity contribution in [2.24, 2.45) is 0 Å². The number of halogens is 2. The fraction of sp³-hybridized carbons (Fsp3) is 0. The Bertz CT molecular complexity index is 695. The van der Waals surface area contributed by atoms with E-state index in [2.05, 4.69) is 0 Å². The van der Waals surface area contributed by atoms with Gasteiger partial charge < -0.3 is 18.1 Å². The van der Waals surface area contributed by atoms with Crippen molar-refractivity contribution in [1.82, 2.24) is 0 Å². The number of nitrogens with two attached hydrogens (primary N) is 1. The topological polar surface area (TPSA) is 30.1 Å². The Morgan fingerprint density at radius 3 is 2.71 bits per heavy atom. The first-order chi connectivity index (χ1) is 7.77. The molecule has 0 saturated carbocycles. The third-order valence-corrected chi connectivity index (χ3v) is 3.04. The van der Waals surface area contributed by atoms with Gasteiger partial charge in [-0.25, -0.2) is 0 Å². The Hall–Kier alpha value is -1.51. The van der Waals surface area contributed by atoms with Gasteiger partial charge in [0, 0.05) is 18.2 Å². The predicted molar refractivity (Wildman–Crippen MR) is 66.5 cm³/mol. The zero-order chi connectivity index (χ0) is 11.1. The lowest BCUT2D eigenvalue weighted by atomic mass is 10.1. The van der Waals surface area contributed by atoms with Crippen molar-refractivity contribution in [2.75, 3.05) is 5.73 Å². The van der Waals surface area contributed by atoms with Crippen LogP contribution in [0.1, 0.15) is 0 Å². The van der Waals surface area contributed by atoms with Gasteiger partial charge >= 0.3 is 0 Å². The van der Waals surface area contributed by atoms with Gasteiger partial charge in [-0.2, -0.15) is 4.40 Å². The Kier molecular flexibility index (Phi) is 3.09. The maximum absolute atomic E-state index is 6.23. The quantitative estimate of drug-likeness (QED) is 0.443. The first-order valence-electron chi connectivity index (χ1n) is 5.04. The molecule has 0 radical (unpaired) electrons. The molecule has 2 nitrogen and oxygen atoms in total. The zero-order valence-electron chi connectivity index (χ0n) is 8.90. The molecular weight excluding hydrogens is 255 g/mol.